The van der Waals surface area contributed by atoms with E-state index in [4.69, 9.17) is 11.2 Å². The van der Waals surface area contributed by atoms with E-state index in [1.54, 1.807) is 7.11 Å². The summed E-state index contributed by atoms with van der Waals surface area (Å²) in [6, 6.07) is 6.28. The second-order valence-corrected chi connectivity index (χ2v) is 4.12. The van der Waals surface area contributed by atoms with Gasteiger partial charge in [0.2, 0.25) is 0 Å². The van der Waals surface area contributed by atoms with Gasteiger partial charge in [-0.05, 0) is 33.0 Å². The largest absolute Gasteiger partial charge is 0.496 e. The molecule has 0 bridgehead atoms. The molecule has 0 aromatic heterocycles. The van der Waals surface area contributed by atoms with E-state index in [9.17, 15) is 0 Å². The molecule has 0 spiro atoms. The Morgan fingerprint density at radius 3 is 2.72 bits per heavy atom. The third kappa shape index (κ3) is 2.96. The molecule has 3 heteroatoms. The highest BCUT2D eigenvalue weighted by atomic mass is 16.5. The predicted molar refractivity (Wildman–Crippen MR) is 77.2 cm³/mol. The van der Waals surface area contributed by atoms with Crippen LogP contribution < -0.4 is 15.0 Å². The number of nitrogens with zero attached hydrogens (tertiary/aromatic N) is 1. The molecule has 0 radical (unpaired) electrons. The van der Waals surface area contributed by atoms with Crippen LogP contribution in [-0.4, -0.2) is 27.2 Å². The molecule has 98 valence electrons. The Labute approximate surface area is 110 Å². The lowest BCUT2D eigenvalue weighted by molar-refractivity contribution is 0.404. The number of hydrogen-bond donors (Lipinski definition) is 1. The van der Waals surface area contributed by atoms with E-state index < -0.39 is 0 Å². The topological polar surface area (TPSA) is 24.5 Å². The van der Waals surface area contributed by atoms with E-state index in [0.29, 0.717) is 6.54 Å². The summed E-state index contributed by atoms with van der Waals surface area (Å²) in [5, 5.41) is 3.26. The molecule has 1 N–H and O–H groups in total. The Hall–Kier alpha value is -1.66. The maximum absolute atomic E-state index is 5.46. The third-order valence-corrected chi connectivity index (χ3v) is 3.13. The van der Waals surface area contributed by atoms with Gasteiger partial charge in [0.25, 0.3) is 0 Å². The van der Waals surface area contributed by atoms with Gasteiger partial charge < -0.3 is 15.0 Å². The number of rotatable bonds is 6. The molecule has 0 fully saturated rings. The summed E-state index contributed by atoms with van der Waals surface area (Å²) in [5.41, 5.74) is 2.29. The molecule has 1 unspecified atom stereocenters. The second kappa shape index (κ2) is 6.93. The molecule has 1 atom stereocenters. The first kappa shape index (κ1) is 14.4. The van der Waals surface area contributed by atoms with Crippen LogP contribution in [0.5, 0.6) is 5.75 Å². The summed E-state index contributed by atoms with van der Waals surface area (Å²) in [6.07, 6.45) is 5.43. The molecule has 3 nitrogen and oxygen atoms in total. The number of methoxy groups -OCH3 is 1. The van der Waals surface area contributed by atoms with Crippen molar-refractivity contribution in [3.05, 3.63) is 23.8 Å². The highest BCUT2D eigenvalue weighted by Crippen LogP contribution is 2.34. The summed E-state index contributed by atoms with van der Waals surface area (Å²) in [5.74, 6) is 3.60. The van der Waals surface area contributed by atoms with Crippen molar-refractivity contribution in [2.75, 3.05) is 32.1 Å². The van der Waals surface area contributed by atoms with Crippen LogP contribution in [0.1, 0.15) is 25.5 Å². The van der Waals surface area contributed by atoms with Crippen LogP contribution in [0.25, 0.3) is 0 Å². The minimum atomic E-state index is 0.211. The van der Waals surface area contributed by atoms with Crippen molar-refractivity contribution in [3.63, 3.8) is 0 Å². The average molecular weight is 246 g/mol. The van der Waals surface area contributed by atoms with Crippen molar-refractivity contribution in [1.29, 1.82) is 0 Å². The lowest BCUT2D eigenvalue weighted by atomic mass is 10.0. The normalized spacial score (nSPS) is 11.7. The van der Waals surface area contributed by atoms with E-state index in [1.807, 2.05) is 19.2 Å². The predicted octanol–water partition coefficient (Wildman–Crippen LogP) is 2.44. The van der Waals surface area contributed by atoms with Crippen LogP contribution in [0.2, 0.25) is 0 Å². The summed E-state index contributed by atoms with van der Waals surface area (Å²) in [6.45, 7) is 5.70. The Bertz CT molecular complexity index is 423. The molecule has 18 heavy (non-hydrogen) atoms. The van der Waals surface area contributed by atoms with Crippen LogP contribution in [0.15, 0.2) is 18.2 Å². The van der Waals surface area contributed by atoms with Gasteiger partial charge in [-0.3, -0.25) is 0 Å². The van der Waals surface area contributed by atoms with Crippen LogP contribution >= 0.6 is 0 Å². The fraction of sp³-hybridized carbons (Fsp3) is 0.467. The molecule has 1 aromatic rings. The molecule has 0 saturated carbocycles. The Balaban J connectivity index is 3.29. The first-order valence-corrected chi connectivity index (χ1v) is 6.22. The number of hydrogen-bond acceptors (Lipinski definition) is 3. The van der Waals surface area contributed by atoms with Crippen molar-refractivity contribution in [2.45, 2.75) is 19.9 Å². The quantitative estimate of drug-likeness (QED) is 0.780. The summed E-state index contributed by atoms with van der Waals surface area (Å²) >= 11 is 0. The van der Waals surface area contributed by atoms with Gasteiger partial charge >= 0.3 is 0 Å². The van der Waals surface area contributed by atoms with Crippen molar-refractivity contribution in [1.82, 2.24) is 5.32 Å². The van der Waals surface area contributed by atoms with Crippen molar-refractivity contribution < 1.29 is 4.74 Å². The van der Waals surface area contributed by atoms with E-state index >= 15 is 0 Å². The maximum atomic E-state index is 5.46. The zero-order valence-electron chi connectivity index (χ0n) is 11.7. The number of nitrogens with one attached hydrogen (secondary N) is 1. The first-order chi connectivity index (χ1) is 8.69. The maximum Gasteiger partial charge on any atom is 0.125 e. The summed E-state index contributed by atoms with van der Waals surface area (Å²) in [4.78, 5) is 2.17. The van der Waals surface area contributed by atoms with Crippen molar-refractivity contribution >= 4 is 5.69 Å². The Morgan fingerprint density at radius 2 is 2.22 bits per heavy atom. The second-order valence-electron chi connectivity index (χ2n) is 4.12. The van der Waals surface area contributed by atoms with Crippen LogP contribution in [0.4, 0.5) is 5.69 Å². The average Bonchev–Trinajstić information content (AvgIpc) is 2.43. The number of terminal acetylenes is 1. The monoisotopic (exact) mass is 246 g/mol. The molecule has 0 saturated heterocycles. The van der Waals surface area contributed by atoms with Gasteiger partial charge in [-0.1, -0.05) is 12.0 Å². The van der Waals surface area contributed by atoms with Crippen LogP contribution in [0.3, 0.4) is 0 Å². The molecule has 0 heterocycles. The van der Waals surface area contributed by atoms with E-state index in [2.05, 4.69) is 36.1 Å². The fourth-order valence-corrected chi connectivity index (χ4v) is 2.04. The molecular formula is C15H22N2O. The lowest BCUT2D eigenvalue weighted by Crippen LogP contribution is -2.26. The molecule has 0 aliphatic carbocycles. The van der Waals surface area contributed by atoms with Gasteiger partial charge in [0.05, 0.1) is 13.7 Å². The standard InChI is InChI=1S/C15H22N2O/c1-6-11-17(7-2)13-9-8-10-14(18-5)15(13)12(3)16-4/h1,8-10,12,16H,7,11H2,2-5H3. The SMILES string of the molecule is C#CCN(CC)c1cccc(OC)c1C(C)NC. The minimum Gasteiger partial charge on any atom is -0.496 e. The zero-order chi connectivity index (χ0) is 13.5. The molecule has 0 aliphatic heterocycles. The van der Waals surface area contributed by atoms with E-state index in [0.717, 1.165) is 23.5 Å². The van der Waals surface area contributed by atoms with Gasteiger partial charge in [0.15, 0.2) is 0 Å². The third-order valence-electron chi connectivity index (χ3n) is 3.13. The highest BCUT2D eigenvalue weighted by molar-refractivity contribution is 5.61. The molecule has 0 aliphatic rings. The Morgan fingerprint density at radius 1 is 1.50 bits per heavy atom. The van der Waals surface area contributed by atoms with E-state index in [1.165, 1.54) is 0 Å². The minimum absolute atomic E-state index is 0.211. The van der Waals surface area contributed by atoms with Crippen molar-refractivity contribution in [2.24, 2.45) is 0 Å². The molecule has 0 amide bonds. The first-order valence-electron chi connectivity index (χ1n) is 6.22. The molecule has 1 rings (SSSR count). The van der Waals surface area contributed by atoms with Crippen LogP contribution in [0, 0.1) is 12.3 Å². The molecule has 1 aromatic carbocycles. The highest BCUT2D eigenvalue weighted by Gasteiger charge is 2.17. The zero-order valence-corrected chi connectivity index (χ0v) is 11.7. The summed E-state index contributed by atoms with van der Waals surface area (Å²) in [7, 11) is 3.64. The lowest BCUT2D eigenvalue weighted by Gasteiger charge is -2.27. The molecular weight excluding hydrogens is 224 g/mol. The van der Waals surface area contributed by atoms with Gasteiger partial charge in [-0.2, -0.15) is 0 Å². The van der Waals surface area contributed by atoms with Crippen molar-refractivity contribution in [3.8, 4) is 18.1 Å². The van der Waals surface area contributed by atoms with E-state index in [-0.39, 0.29) is 6.04 Å². The number of anilines is 1. The Kier molecular flexibility index (Phi) is 5.54. The van der Waals surface area contributed by atoms with Gasteiger partial charge in [-0.15, -0.1) is 6.42 Å². The smallest absolute Gasteiger partial charge is 0.125 e. The number of ether oxygens (including phenoxy) is 1. The van der Waals surface area contributed by atoms with Gasteiger partial charge in [-0.25, -0.2) is 0 Å². The van der Waals surface area contributed by atoms with Crippen LogP contribution in [-0.2, 0) is 0 Å². The summed E-state index contributed by atoms with van der Waals surface area (Å²) < 4.78 is 5.46. The fourth-order valence-electron chi connectivity index (χ4n) is 2.04. The van der Waals surface area contributed by atoms with Gasteiger partial charge in [0, 0.05) is 23.8 Å². The van der Waals surface area contributed by atoms with Gasteiger partial charge in [0.1, 0.15) is 5.75 Å². The number of benzene rings is 1.